The van der Waals surface area contributed by atoms with Gasteiger partial charge in [-0.1, -0.05) is 0 Å². The van der Waals surface area contributed by atoms with Crippen LogP contribution in [-0.2, 0) is 24.4 Å². The second-order valence-corrected chi connectivity index (χ2v) is 7.39. The highest BCUT2D eigenvalue weighted by Crippen LogP contribution is 2.25. The first-order valence-electron chi connectivity index (χ1n) is 8.16. The molecular weight excluding hydrogens is 296 g/mol. The SMILES string of the molecule is CN1CCN(Cc2nc3c(o2)CN(C(=O)OC(C)(C)C)C3)CC1. The predicted molar refractivity (Wildman–Crippen MR) is 84.8 cm³/mol. The Hall–Kier alpha value is -1.60. The van der Waals surface area contributed by atoms with E-state index in [1.165, 1.54) is 0 Å². The van der Waals surface area contributed by atoms with Gasteiger partial charge in [-0.05, 0) is 27.8 Å². The van der Waals surface area contributed by atoms with E-state index in [2.05, 4.69) is 21.8 Å². The number of carbonyl (C=O) groups excluding carboxylic acids is 1. The van der Waals surface area contributed by atoms with Crippen LogP contribution in [0, 0.1) is 0 Å². The quantitative estimate of drug-likeness (QED) is 0.825. The third-order valence-corrected chi connectivity index (χ3v) is 4.10. The fourth-order valence-corrected chi connectivity index (χ4v) is 2.81. The zero-order chi connectivity index (χ0) is 16.6. The van der Waals surface area contributed by atoms with E-state index in [0.717, 1.165) is 50.1 Å². The minimum atomic E-state index is -0.485. The van der Waals surface area contributed by atoms with E-state index in [9.17, 15) is 4.79 Å². The number of likely N-dealkylation sites (N-methyl/N-ethyl adjacent to an activating group) is 1. The van der Waals surface area contributed by atoms with Gasteiger partial charge in [-0.15, -0.1) is 0 Å². The first-order valence-corrected chi connectivity index (χ1v) is 8.16. The maximum absolute atomic E-state index is 12.1. The molecule has 7 heteroatoms. The lowest BCUT2D eigenvalue weighted by Crippen LogP contribution is -2.43. The number of ether oxygens (including phenoxy) is 1. The van der Waals surface area contributed by atoms with Gasteiger partial charge in [0.2, 0.25) is 5.89 Å². The van der Waals surface area contributed by atoms with Crippen molar-refractivity contribution in [1.29, 1.82) is 0 Å². The molecule has 0 aliphatic carbocycles. The van der Waals surface area contributed by atoms with Crippen LogP contribution < -0.4 is 0 Å². The molecule has 1 saturated heterocycles. The summed E-state index contributed by atoms with van der Waals surface area (Å²) in [5.41, 5.74) is 0.376. The Kier molecular flexibility index (Phi) is 4.33. The van der Waals surface area contributed by atoms with Gasteiger partial charge >= 0.3 is 6.09 Å². The zero-order valence-corrected chi connectivity index (χ0v) is 14.5. The molecule has 0 unspecified atom stereocenters. The number of amides is 1. The van der Waals surface area contributed by atoms with E-state index in [1.807, 2.05) is 20.8 Å². The van der Waals surface area contributed by atoms with E-state index in [4.69, 9.17) is 9.15 Å². The van der Waals surface area contributed by atoms with E-state index >= 15 is 0 Å². The first kappa shape index (κ1) is 16.3. The van der Waals surface area contributed by atoms with Gasteiger partial charge in [0.05, 0.1) is 19.6 Å². The number of piperazine rings is 1. The first-order chi connectivity index (χ1) is 10.8. The molecule has 0 N–H and O–H groups in total. The molecule has 2 aliphatic heterocycles. The summed E-state index contributed by atoms with van der Waals surface area (Å²) in [5.74, 6) is 1.54. The molecule has 23 heavy (non-hydrogen) atoms. The molecule has 3 rings (SSSR count). The van der Waals surface area contributed by atoms with Crippen LogP contribution in [-0.4, -0.2) is 64.6 Å². The average molecular weight is 322 g/mol. The molecule has 0 aromatic carbocycles. The Bertz CT molecular complexity index is 547. The molecular formula is C16H26N4O3. The van der Waals surface area contributed by atoms with Crippen molar-refractivity contribution >= 4 is 6.09 Å². The number of carbonyl (C=O) groups is 1. The van der Waals surface area contributed by atoms with Gasteiger partial charge < -0.3 is 14.1 Å². The van der Waals surface area contributed by atoms with Gasteiger partial charge in [-0.3, -0.25) is 9.80 Å². The number of fused-ring (bicyclic) bond motifs is 1. The number of hydrogen-bond donors (Lipinski definition) is 0. The summed E-state index contributed by atoms with van der Waals surface area (Å²) in [6, 6.07) is 0. The van der Waals surface area contributed by atoms with Crippen LogP contribution in [0.1, 0.15) is 38.1 Å². The van der Waals surface area contributed by atoms with Gasteiger partial charge in [-0.25, -0.2) is 9.78 Å². The lowest BCUT2D eigenvalue weighted by molar-refractivity contribution is 0.0230. The average Bonchev–Trinajstić information content (AvgIpc) is 2.97. The van der Waals surface area contributed by atoms with Crippen LogP contribution >= 0.6 is 0 Å². The Morgan fingerprint density at radius 3 is 2.52 bits per heavy atom. The van der Waals surface area contributed by atoms with Gasteiger partial charge in [0.15, 0.2) is 0 Å². The fourth-order valence-electron chi connectivity index (χ4n) is 2.81. The predicted octanol–water partition coefficient (Wildman–Crippen LogP) is 1.67. The topological polar surface area (TPSA) is 62.1 Å². The van der Waals surface area contributed by atoms with Crippen LogP contribution in [0.25, 0.3) is 0 Å². The fraction of sp³-hybridized carbons (Fsp3) is 0.750. The molecule has 1 aromatic heterocycles. The Morgan fingerprint density at radius 1 is 1.22 bits per heavy atom. The zero-order valence-electron chi connectivity index (χ0n) is 14.5. The molecule has 0 atom stereocenters. The molecule has 1 fully saturated rings. The molecule has 128 valence electrons. The number of aromatic nitrogens is 1. The highest BCUT2D eigenvalue weighted by Gasteiger charge is 2.32. The maximum atomic E-state index is 12.1. The lowest BCUT2D eigenvalue weighted by atomic mass is 10.2. The minimum Gasteiger partial charge on any atom is -0.444 e. The standard InChI is InChI=1S/C16H26N4O3/c1-16(2,3)23-15(21)20-9-12-13(10-20)22-14(17-12)11-19-7-5-18(4)6-8-19/h5-11H2,1-4H3. The normalized spacial score (nSPS) is 19.9. The van der Waals surface area contributed by atoms with Crippen molar-refractivity contribution in [3.8, 4) is 0 Å². The number of oxazole rings is 1. The molecule has 2 aliphatic rings. The van der Waals surface area contributed by atoms with Crippen LogP contribution in [0.2, 0.25) is 0 Å². The third kappa shape index (κ3) is 4.03. The van der Waals surface area contributed by atoms with Crippen molar-refractivity contribution in [3.05, 3.63) is 17.3 Å². The third-order valence-electron chi connectivity index (χ3n) is 4.10. The van der Waals surface area contributed by atoms with Crippen LogP contribution in [0.4, 0.5) is 4.79 Å². The van der Waals surface area contributed by atoms with E-state index in [0.29, 0.717) is 13.1 Å². The molecule has 1 amide bonds. The molecule has 0 radical (unpaired) electrons. The lowest BCUT2D eigenvalue weighted by Gasteiger charge is -2.31. The minimum absolute atomic E-state index is 0.314. The Balaban J connectivity index is 1.55. The molecule has 0 spiro atoms. The van der Waals surface area contributed by atoms with Crippen molar-refractivity contribution in [2.24, 2.45) is 0 Å². The van der Waals surface area contributed by atoms with E-state index in [1.54, 1.807) is 4.90 Å². The van der Waals surface area contributed by atoms with Gasteiger partial charge in [0.1, 0.15) is 17.1 Å². The molecule has 1 aromatic rings. The maximum Gasteiger partial charge on any atom is 0.411 e. The summed E-state index contributed by atoms with van der Waals surface area (Å²) in [6.07, 6.45) is -0.314. The summed E-state index contributed by atoms with van der Waals surface area (Å²) in [7, 11) is 2.14. The molecule has 0 bridgehead atoms. The monoisotopic (exact) mass is 322 g/mol. The van der Waals surface area contributed by atoms with E-state index in [-0.39, 0.29) is 6.09 Å². The highest BCUT2D eigenvalue weighted by atomic mass is 16.6. The van der Waals surface area contributed by atoms with Crippen molar-refractivity contribution in [1.82, 2.24) is 19.7 Å². The van der Waals surface area contributed by atoms with Crippen LogP contribution in [0.15, 0.2) is 4.42 Å². The number of hydrogen-bond acceptors (Lipinski definition) is 6. The molecule has 3 heterocycles. The number of nitrogens with zero attached hydrogens (tertiary/aromatic N) is 4. The van der Waals surface area contributed by atoms with E-state index < -0.39 is 5.60 Å². The van der Waals surface area contributed by atoms with Crippen molar-refractivity contribution < 1.29 is 13.9 Å². The molecule has 7 nitrogen and oxygen atoms in total. The summed E-state index contributed by atoms with van der Waals surface area (Å²) in [4.78, 5) is 23.0. The van der Waals surface area contributed by atoms with Gasteiger partial charge in [-0.2, -0.15) is 0 Å². The van der Waals surface area contributed by atoms with Crippen LogP contribution in [0.5, 0.6) is 0 Å². The Morgan fingerprint density at radius 2 is 1.91 bits per heavy atom. The largest absolute Gasteiger partial charge is 0.444 e. The van der Waals surface area contributed by atoms with Crippen molar-refractivity contribution in [3.63, 3.8) is 0 Å². The second-order valence-electron chi connectivity index (χ2n) is 7.39. The Labute approximate surface area is 137 Å². The summed E-state index contributed by atoms with van der Waals surface area (Å²) in [5, 5.41) is 0. The molecule has 0 saturated carbocycles. The summed E-state index contributed by atoms with van der Waals surface area (Å²) < 4.78 is 11.2. The summed E-state index contributed by atoms with van der Waals surface area (Å²) >= 11 is 0. The summed E-state index contributed by atoms with van der Waals surface area (Å²) in [6.45, 7) is 11.5. The van der Waals surface area contributed by atoms with Crippen molar-refractivity contribution in [2.75, 3.05) is 33.2 Å². The number of rotatable bonds is 2. The second kappa shape index (κ2) is 6.13. The highest BCUT2D eigenvalue weighted by molar-refractivity contribution is 5.68. The van der Waals surface area contributed by atoms with Gasteiger partial charge in [0, 0.05) is 26.2 Å². The van der Waals surface area contributed by atoms with Gasteiger partial charge in [0.25, 0.3) is 0 Å². The van der Waals surface area contributed by atoms with Crippen molar-refractivity contribution in [2.45, 2.75) is 46.0 Å². The van der Waals surface area contributed by atoms with Crippen LogP contribution in [0.3, 0.4) is 0 Å². The smallest absolute Gasteiger partial charge is 0.411 e.